The second-order valence-electron chi connectivity index (χ2n) is 4.50. The zero-order valence-corrected chi connectivity index (χ0v) is 9.81. The van der Waals surface area contributed by atoms with E-state index in [0.717, 1.165) is 0 Å². The van der Waals surface area contributed by atoms with Crippen LogP contribution in [0.5, 0.6) is 0 Å². The van der Waals surface area contributed by atoms with Gasteiger partial charge in [0.05, 0.1) is 0 Å². The minimum Gasteiger partial charge on any atom is -0.314 e. The summed E-state index contributed by atoms with van der Waals surface area (Å²) < 4.78 is 0. The van der Waals surface area contributed by atoms with Crippen LogP contribution in [0, 0.1) is 0 Å². The standard InChI is InChI=1S/C13H25N/c1-3-4-7-12(2)14-11-10-13-8-5-6-9-13/h8,12,14H,3-7,9-11H2,1-2H3. The van der Waals surface area contributed by atoms with Gasteiger partial charge in [-0.3, -0.25) is 0 Å². The van der Waals surface area contributed by atoms with E-state index in [1.807, 2.05) is 0 Å². The molecule has 1 heteroatoms. The molecule has 0 aromatic rings. The molecular formula is C13H25N. The summed E-state index contributed by atoms with van der Waals surface area (Å²) in [7, 11) is 0. The first-order valence-electron chi connectivity index (χ1n) is 6.24. The molecule has 0 aromatic carbocycles. The third-order valence-corrected chi connectivity index (χ3v) is 3.06. The molecule has 1 atom stereocenters. The number of allylic oxidation sites excluding steroid dienone is 1. The maximum Gasteiger partial charge on any atom is 0.00388 e. The lowest BCUT2D eigenvalue weighted by atomic mass is 10.1. The normalized spacial score (nSPS) is 18.3. The average Bonchev–Trinajstić information content (AvgIpc) is 2.67. The molecule has 0 spiro atoms. The lowest BCUT2D eigenvalue weighted by Crippen LogP contribution is -2.27. The quantitative estimate of drug-likeness (QED) is 0.611. The van der Waals surface area contributed by atoms with Crippen molar-refractivity contribution in [1.29, 1.82) is 0 Å². The Morgan fingerprint density at radius 2 is 2.36 bits per heavy atom. The maximum absolute atomic E-state index is 3.60. The highest BCUT2D eigenvalue weighted by atomic mass is 14.9. The van der Waals surface area contributed by atoms with Crippen molar-refractivity contribution in [2.75, 3.05) is 6.54 Å². The van der Waals surface area contributed by atoms with E-state index < -0.39 is 0 Å². The van der Waals surface area contributed by atoms with Gasteiger partial charge in [0, 0.05) is 6.04 Å². The molecule has 0 aromatic heterocycles. The Bertz CT molecular complexity index is 172. The Morgan fingerprint density at radius 1 is 1.50 bits per heavy atom. The molecule has 82 valence electrons. The molecule has 1 aliphatic rings. The van der Waals surface area contributed by atoms with Gasteiger partial charge in [-0.1, -0.05) is 31.4 Å². The van der Waals surface area contributed by atoms with Crippen LogP contribution >= 0.6 is 0 Å². The van der Waals surface area contributed by atoms with Crippen molar-refractivity contribution >= 4 is 0 Å². The summed E-state index contributed by atoms with van der Waals surface area (Å²) in [6.07, 6.45) is 11.8. The van der Waals surface area contributed by atoms with Crippen molar-refractivity contribution < 1.29 is 0 Å². The summed E-state index contributed by atoms with van der Waals surface area (Å²) in [6, 6.07) is 0.706. The van der Waals surface area contributed by atoms with Crippen LogP contribution in [0.3, 0.4) is 0 Å². The van der Waals surface area contributed by atoms with E-state index in [4.69, 9.17) is 0 Å². The average molecular weight is 195 g/mol. The largest absolute Gasteiger partial charge is 0.314 e. The predicted octanol–water partition coefficient (Wildman–Crippen LogP) is 3.66. The van der Waals surface area contributed by atoms with Crippen molar-refractivity contribution in [3.8, 4) is 0 Å². The first-order chi connectivity index (χ1) is 6.83. The number of hydrogen-bond acceptors (Lipinski definition) is 1. The van der Waals surface area contributed by atoms with Crippen LogP contribution in [0.25, 0.3) is 0 Å². The van der Waals surface area contributed by atoms with Crippen molar-refractivity contribution in [3.63, 3.8) is 0 Å². The summed E-state index contributed by atoms with van der Waals surface area (Å²) in [5.41, 5.74) is 1.68. The monoisotopic (exact) mass is 195 g/mol. The first-order valence-corrected chi connectivity index (χ1v) is 6.24. The van der Waals surface area contributed by atoms with Crippen LogP contribution in [-0.4, -0.2) is 12.6 Å². The fraction of sp³-hybridized carbons (Fsp3) is 0.846. The number of hydrogen-bond donors (Lipinski definition) is 1. The predicted molar refractivity (Wildman–Crippen MR) is 63.5 cm³/mol. The molecule has 1 rings (SSSR count). The topological polar surface area (TPSA) is 12.0 Å². The zero-order chi connectivity index (χ0) is 10.2. The Kier molecular flexibility index (Phi) is 5.93. The van der Waals surface area contributed by atoms with Crippen LogP contribution in [0.4, 0.5) is 0 Å². The fourth-order valence-electron chi connectivity index (χ4n) is 2.06. The third-order valence-electron chi connectivity index (χ3n) is 3.06. The zero-order valence-electron chi connectivity index (χ0n) is 9.81. The summed E-state index contributed by atoms with van der Waals surface area (Å²) >= 11 is 0. The summed E-state index contributed by atoms with van der Waals surface area (Å²) in [6.45, 7) is 5.74. The molecule has 14 heavy (non-hydrogen) atoms. The highest BCUT2D eigenvalue weighted by molar-refractivity contribution is 5.07. The van der Waals surface area contributed by atoms with E-state index >= 15 is 0 Å². The highest BCUT2D eigenvalue weighted by Crippen LogP contribution is 2.19. The SMILES string of the molecule is CCCCC(C)NCCC1=CCCC1. The molecule has 0 radical (unpaired) electrons. The molecule has 1 N–H and O–H groups in total. The van der Waals surface area contributed by atoms with Gasteiger partial charge in [-0.2, -0.15) is 0 Å². The van der Waals surface area contributed by atoms with Gasteiger partial charge in [-0.15, -0.1) is 0 Å². The van der Waals surface area contributed by atoms with Gasteiger partial charge in [-0.05, 0) is 45.6 Å². The van der Waals surface area contributed by atoms with E-state index in [1.165, 1.54) is 51.5 Å². The lowest BCUT2D eigenvalue weighted by molar-refractivity contribution is 0.497. The molecular weight excluding hydrogens is 170 g/mol. The molecule has 0 aliphatic heterocycles. The Morgan fingerprint density at radius 3 is 3.00 bits per heavy atom. The number of rotatable bonds is 7. The van der Waals surface area contributed by atoms with Crippen LogP contribution in [-0.2, 0) is 0 Å². The van der Waals surface area contributed by atoms with Gasteiger partial charge in [-0.25, -0.2) is 0 Å². The lowest BCUT2D eigenvalue weighted by Gasteiger charge is -2.13. The Labute approximate surface area is 89.0 Å². The van der Waals surface area contributed by atoms with Crippen molar-refractivity contribution in [2.45, 2.75) is 64.8 Å². The second kappa shape index (κ2) is 7.05. The number of nitrogens with one attached hydrogen (secondary N) is 1. The molecule has 0 fully saturated rings. The fourth-order valence-corrected chi connectivity index (χ4v) is 2.06. The van der Waals surface area contributed by atoms with Crippen molar-refractivity contribution in [2.24, 2.45) is 0 Å². The third kappa shape index (κ3) is 4.80. The molecule has 1 unspecified atom stereocenters. The number of unbranched alkanes of at least 4 members (excludes halogenated alkanes) is 1. The van der Waals surface area contributed by atoms with Crippen LogP contribution in [0.1, 0.15) is 58.8 Å². The minimum absolute atomic E-state index is 0.706. The highest BCUT2D eigenvalue weighted by Gasteiger charge is 2.05. The van der Waals surface area contributed by atoms with Crippen LogP contribution < -0.4 is 5.32 Å². The molecule has 1 aliphatic carbocycles. The van der Waals surface area contributed by atoms with Crippen molar-refractivity contribution in [1.82, 2.24) is 5.32 Å². The van der Waals surface area contributed by atoms with E-state index in [2.05, 4.69) is 25.2 Å². The van der Waals surface area contributed by atoms with Gasteiger partial charge in [0.2, 0.25) is 0 Å². The second-order valence-corrected chi connectivity index (χ2v) is 4.50. The van der Waals surface area contributed by atoms with E-state index in [-0.39, 0.29) is 0 Å². The van der Waals surface area contributed by atoms with E-state index in [1.54, 1.807) is 5.57 Å². The maximum atomic E-state index is 3.60. The minimum atomic E-state index is 0.706. The summed E-state index contributed by atoms with van der Waals surface area (Å²) in [5, 5.41) is 3.60. The van der Waals surface area contributed by atoms with Gasteiger partial charge >= 0.3 is 0 Å². The van der Waals surface area contributed by atoms with Gasteiger partial charge in [0.25, 0.3) is 0 Å². The first kappa shape index (κ1) is 11.8. The summed E-state index contributed by atoms with van der Waals surface area (Å²) in [4.78, 5) is 0. The molecule has 0 amide bonds. The Hall–Kier alpha value is -0.300. The smallest absolute Gasteiger partial charge is 0.00388 e. The molecule has 0 saturated carbocycles. The van der Waals surface area contributed by atoms with E-state index in [9.17, 15) is 0 Å². The molecule has 0 heterocycles. The van der Waals surface area contributed by atoms with E-state index in [0.29, 0.717) is 6.04 Å². The van der Waals surface area contributed by atoms with Crippen molar-refractivity contribution in [3.05, 3.63) is 11.6 Å². The van der Waals surface area contributed by atoms with Gasteiger partial charge < -0.3 is 5.32 Å². The van der Waals surface area contributed by atoms with Gasteiger partial charge in [0.1, 0.15) is 0 Å². The summed E-state index contributed by atoms with van der Waals surface area (Å²) in [5.74, 6) is 0. The molecule has 0 bridgehead atoms. The van der Waals surface area contributed by atoms with Crippen LogP contribution in [0.15, 0.2) is 11.6 Å². The molecule has 0 saturated heterocycles. The van der Waals surface area contributed by atoms with Gasteiger partial charge in [0.15, 0.2) is 0 Å². The Balaban J connectivity index is 1.97. The molecule has 1 nitrogen and oxygen atoms in total. The van der Waals surface area contributed by atoms with Crippen LogP contribution in [0.2, 0.25) is 0 Å².